The third-order valence-electron chi connectivity index (χ3n) is 4.64. The highest BCUT2D eigenvalue weighted by Gasteiger charge is 2.16. The van der Waals surface area contributed by atoms with E-state index in [2.05, 4.69) is 5.32 Å². The van der Waals surface area contributed by atoms with E-state index in [-0.39, 0.29) is 24.9 Å². The van der Waals surface area contributed by atoms with Crippen molar-refractivity contribution in [2.45, 2.75) is 6.92 Å². The maximum Gasteiger partial charge on any atom is 0.239 e. The standard InChI is InChI=1S/C23H27N5O2/c1-17-10-12-18(13-11-17)20-14-21(28(25-20)19-8-6-5-7-9-19)24-22(29)15-27(4)16-23(30)26(2)3/h5-14H,15-16H2,1-4H3,(H,24,29). The Hall–Kier alpha value is -3.45. The predicted molar refractivity (Wildman–Crippen MR) is 119 cm³/mol. The van der Waals surface area contributed by atoms with Crippen LogP contribution in [-0.4, -0.2) is 65.6 Å². The topological polar surface area (TPSA) is 70.5 Å². The van der Waals surface area contributed by atoms with Crippen LogP contribution < -0.4 is 5.32 Å². The molecule has 0 unspecified atom stereocenters. The first-order valence-electron chi connectivity index (χ1n) is 9.74. The Balaban J connectivity index is 1.83. The molecule has 1 heterocycles. The number of nitrogens with zero attached hydrogens (tertiary/aromatic N) is 4. The highest BCUT2D eigenvalue weighted by molar-refractivity contribution is 5.92. The number of carbonyl (C=O) groups is 2. The summed E-state index contributed by atoms with van der Waals surface area (Å²) in [6.45, 7) is 2.31. The molecule has 30 heavy (non-hydrogen) atoms. The summed E-state index contributed by atoms with van der Waals surface area (Å²) in [5.41, 5.74) is 3.76. The number of aromatic nitrogens is 2. The van der Waals surface area contributed by atoms with Crippen LogP contribution in [0.2, 0.25) is 0 Å². The average Bonchev–Trinajstić information content (AvgIpc) is 3.12. The van der Waals surface area contributed by atoms with Crippen LogP contribution in [0.4, 0.5) is 5.82 Å². The zero-order chi connectivity index (χ0) is 21.7. The van der Waals surface area contributed by atoms with Gasteiger partial charge in [0.15, 0.2) is 0 Å². The van der Waals surface area contributed by atoms with Crippen molar-refractivity contribution < 1.29 is 9.59 Å². The van der Waals surface area contributed by atoms with E-state index in [1.807, 2.05) is 67.6 Å². The summed E-state index contributed by atoms with van der Waals surface area (Å²) in [6, 6.07) is 19.6. The van der Waals surface area contributed by atoms with Crippen molar-refractivity contribution in [2.75, 3.05) is 39.5 Å². The van der Waals surface area contributed by atoms with E-state index >= 15 is 0 Å². The number of para-hydroxylation sites is 1. The first-order valence-corrected chi connectivity index (χ1v) is 9.74. The molecular weight excluding hydrogens is 378 g/mol. The number of hydrogen-bond donors (Lipinski definition) is 1. The first kappa shape index (κ1) is 21.3. The first-order chi connectivity index (χ1) is 14.3. The van der Waals surface area contributed by atoms with Gasteiger partial charge >= 0.3 is 0 Å². The molecule has 3 aromatic rings. The van der Waals surface area contributed by atoms with Crippen molar-refractivity contribution in [1.82, 2.24) is 19.6 Å². The molecule has 0 aliphatic carbocycles. The second kappa shape index (κ2) is 9.37. The summed E-state index contributed by atoms with van der Waals surface area (Å²) in [5, 5.41) is 7.65. The average molecular weight is 406 g/mol. The molecule has 0 bridgehead atoms. The van der Waals surface area contributed by atoms with Gasteiger partial charge in [-0.3, -0.25) is 14.5 Å². The van der Waals surface area contributed by atoms with Crippen LogP contribution in [0.25, 0.3) is 16.9 Å². The van der Waals surface area contributed by atoms with E-state index in [4.69, 9.17) is 5.10 Å². The van der Waals surface area contributed by atoms with Crippen LogP contribution in [0.1, 0.15) is 5.56 Å². The third kappa shape index (κ3) is 5.33. The largest absolute Gasteiger partial charge is 0.348 e. The molecule has 0 radical (unpaired) electrons. The van der Waals surface area contributed by atoms with Gasteiger partial charge in [0.25, 0.3) is 0 Å². The second-order valence-electron chi connectivity index (χ2n) is 7.54. The fourth-order valence-corrected chi connectivity index (χ4v) is 2.96. The molecule has 1 N–H and O–H groups in total. The molecule has 7 heteroatoms. The number of nitrogens with one attached hydrogen (secondary N) is 1. The van der Waals surface area contributed by atoms with Gasteiger partial charge in [-0.15, -0.1) is 0 Å². The molecule has 0 saturated heterocycles. The Labute approximate surface area is 176 Å². The number of amides is 2. The Bertz CT molecular complexity index is 1010. The second-order valence-corrected chi connectivity index (χ2v) is 7.54. The zero-order valence-electron chi connectivity index (χ0n) is 17.8. The van der Waals surface area contributed by atoms with E-state index < -0.39 is 0 Å². The van der Waals surface area contributed by atoms with Crippen molar-refractivity contribution in [3.05, 3.63) is 66.2 Å². The van der Waals surface area contributed by atoms with Crippen molar-refractivity contribution in [3.63, 3.8) is 0 Å². The van der Waals surface area contributed by atoms with Gasteiger partial charge in [-0.1, -0.05) is 48.0 Å². The number of likely N-dealkylation sites (N-methyl/N-ethyl adjacent to an activating group) is 2. The Morgan fingerprint density at radius 1 is 0.967 bits per heavy atom. The summed E-state index contributed by atoms with van der Waals surface area (Å²) < 4.78 is 1.72. The van der Waals surface area contributed by atoms with E-state index in [1.165, 1.54) is 10.5 Å². The molecule has 7 nitrogen and oxygen atoms in total. The minimum Gasteiger partial charge on any atom is -0.348 e. The van der Waals surface area contributed by atoms with Gasteiger partial charge in [0.2, 0.25) is 11.8 Å². The molecular formula is C23H27N5O2. The lowest BCUT2D eigenvalue weighted by molar-refractivity contribution is -0.130. The molecule has 3 rings (SSSR count). The molecule has 2 aromatic carbocycles. The van der Waals surface area contributed by atoms with Crippen LogP contribution in [0, 0.1) is 6.92 Å². The van der Waals surface area contributed by atoms with Crippen molar-refractivity contribution in [1.29, 1.82) is 0 Å². The molecule has 2 amide bonds. The van der Waals surface area contributed by atoms with E-state index in [9.17, 15) is 9.59 Å². The van der Waals surface area contributed by atoms with Crippen LogP contribution in [-0.2, 0) is 9.59 Å². The Morgan fingerprint density at radius 3 is 2.27 bits per heavy atom. The lowest BCUT2D eigenvalue weighted by Crippen LogP contribution is -2.38. The monoisotopic (exact) mass is 405 g/mol. The van der Waals surface area contributed by atoms with E-state index in [0.717, 1.165) is 16.9 Å². The smallest absolute Gasteiger partial charge is 0.239 e. The van der Waals surface area contributed by atoms with Crippen molar-refractivity contribution in [2.24, 2.45) is 0 Å². The fraction of sp³-hybridized carbons (Fsp3) is 0.261. The summed E-state index contributed by atoms with van der Waals surface area (Å²) >= 11 is 0. The Kier molecular flexibility index (Phi) is 6.64. The highest BCUT2D eigenvalue weighted by atomic mass is 16.2. The van der Waals surface area contributed by atoms with Crippen molar-refractivity contribution >= 4 is 17.6 Å². The molecule has 0 aliphatic rings. The lowest BCUT2D eigenvalue weighted by atomic mass is 10.1. The summed E-state index contributed by atoms with van der Waals surface area (Å²) in [6.07, 6.45) is 0. The highest BCUT2D eigenvalue weighted by Crippen LogP contribution is 2.25. The van der Waals surface area contributed by atoms with Crippen molar-refractivity contribution in [3.8, 4) is 16.9 Å². The SMILES string of the molecule is Cc1ccc(-c2cc(NC(=O)CN(C)CC(=O)N(C)C)n(-c3ccccc3)n2)cc1. The van der Waals surface area contributed by atoms with E-state index in [0.29, 0.717) is 5.82 Å². The van der Waals surface area contributed by atoms with Crippen LogP contribution >= 0.6 is 0 Å². The summed E-state index contributed by atoms with van der Waals surface area (Å²) in [5.74, 6) is 0.312. The minimum atomic E-state index is -0.211. The minimum absolute atomic E-state index is 0.0544. The van der Waals surface area contributed by atoms with Gasteiger partial charge in [0.05, 0.1) is 24.5 Å². The van der Waals surface area contributed by atoms with Gasteiger partial charge in [-0.05, 0) is 26.1 Å². The van der Waals surface area contributed by atoms with Gasteiger partial charge in [-0.25, -0.2) is 4.68 Å². The van der Waals surface area contributed by atoms with Gasteiger partial charge in [0, 0.05) is 25.7 Å². The summed E-state index contributed by atoms with van der Waals surface area (Å²) in [7, 11) is 5.13. The number of carbonyl (C=O) groups excluding carboxylic acids is 2. The number of hydrogen-bond acceptors (Lipinski definition) is 4. The third-order valence-corrected chi connectivity index (χ3v) is 4.64. The fourth-order valence-electron chi connectivity index (χ4n) is 2.96. The van der Waals surface area contributed by atoms with E-state index in [1.54, 1.807) is 30.7 Å². The number of anilines is 1. The summed E-state index contributed by atoms with van der Waals surface area (Å²) in [4.78, 5) is 27.7. The normalized spacial score (nSPS) is 10.8. The molecule has 0 spiro atoms. The molecule has 156 valence electrons. The quantitative estimate of drug-likeness (QED) is 0.656. The number of rotatable bonds is 7. The maximum atomic E-state index is 12.6. The Morgan fingerprint density at radius 2 is 1.63 bits per heavy atom. The molecule has 1 aromatic heterocycles. The molecule has 0 atom stereocenters. The number of aryl methyl sites for hydroxylation is 1. The zero-order valence-corrected chi connectivity index (χ0v) is 17.8. The van der Waals surface area contributed by atoms with Gasteiger partial charge in [-0.2, -0.15) is 5.10 Å². The predicted octanol–water partition coefficient (Wildman–Crippen LogP) is 2.81. The maximum absolute atomic E-state index is 12.6. The van der Waals surface area contributed by atoms with Gasteiger partial charge in [0.1, 0.15) is 5.82 Å². The molecule has 0 fully saturated rings. The lowest BCUT2D eigenvalue weighted by Gasteiger charge is -2.18. The molecule has 0 aliphatic heterocycles. The van der Waals surface area contributed by atoms with Crippen LogP contribution in [0.5, 0.6) is 0 Å². The molecule has 0 saturated carbocycles. The van der Waals surface area contributed by atoms with Gasteiger partial charge < -0.3 is 10.2 Å². The number of benzene rings is 2. The van der Waals surface area contributed by atoms with Crippen LogP contribution in [0.15, 0.2) is 60.7 Å². The van der Waals surface area contributed by atoms with Crippen LogP contribution in [0.3, 0.4) is 0 Å².